The number of nitrogens with one attached hydrogen (secondary N) is 2. The minimum absolute atomic E-state index is 0.0205. The largest absolute Gasteiger partial charge is 0.298 e. The van der Waals surface area contributed by atoms with Crippen molar-refractivity contribution >= 4 is 27.5 Å². The number of halogens is 2. The molecule has 92 valence electrons. The van der Waals surface area contributed by atoms with E-state index in [1.54, 1.807) is 12.1 Å². The second kappa shape index (κ2) is 5.64. The smallest absolute Gasteiger partial charge is 0.272 e. The van der Waals surface area contributed by atoms with Crippen molar-refractivity contribution in [1.82, 2.24) is 5.43 Å². The summed E-state index contributed by atoms with van der Waals surface area (Å²) >= 11 is 3.19. The summed E-state index contributed by atoms with van der Waals surface area (Å²) < 4.78 is 14.1. The molecule has 0 unspecified atom stereocenters. The summed E-state index contributed by atoms with van der Waals surface area (Å²) in [5.74, 6) is -1.09. The zero-order valence-corrected chi connectivity index (χ0v) is 10.9. The predicted molar refractivity (Wildman–Crippen MR) is 71.6 cm³/mol. The van der Waals surface area contributed by atoms with Crippen LogP contribution in [0.15, 0.2) is 53.0 Å². The Morgan fingerprint density at radius 2 is 1.83 bits per heavy atom. The molecule has 2 aromatic carbocycles. The minimum Gasteiger partial charge on any atom is -0.298 e. The van der Waals surface area contributed by atoms with Crippen LogP contribution >= 0.6 is 15.9 Å². The third kappa shape index (κ3) is 3.07. The van der Waals surface area contributed by atoms with Crippen LogP contribution in [0.2, 0.25) is 0 Å². The topological polar surface area (TPSA) is 41.1 Å². The average molecular weight is 309 g/mol. The molecule has 0 aromatic heterocycles. The molecule has 0 spiro atoms. The van der Waals surface area contributed by atoms with Gasteiger partial charge in [-0.05, 0) is 30.3 Å². The Morgan fingerprint density at radius 3 is 2.56 bits per heavy atom. The Labute approximate surface area is 112 Å². The van der Waals surface area contributed by atoms with Crippen molar-refractivity contribution in [3.63, 3.8) is 0 Å². The average Bonchev–Trinajstić information content (AvgIpc) is 2.40. The van der Waals surface area contributed by atoms with E-state index in [0.29, 0.717) is 4.47 Å². The van der Waals surface area contributed by atoms with Crippen LogP contribution in [-0.2, 0) is 0 Å². The lowest BCUT2D eigenvalue weighted by Crippen LogP contribution is -2.30. The van der Waals surface area contributed by atoms with E-state index in [4.69, 9.17) is 0 Å². The van der Waals surface area contributed by atoms with Gasteiger partial charge in [0.1, 0.15) is 5.82 Å². The van der Waals surface area contributed by atoms with Crippen LogP contribution < -0.4 is 10.9 Å². The standard InChI is InChI=1S/C13H10BrFN2O/c14-9-6-7-12(15)11(8-9)13(18)17-16-10-4-2-1-3-5-10/h1-8,16H,(H,17,18). The Balaban J connectivity index is 2.06. The fourth-order valence-electron chi connectivity index (χ4n) is 1.39. The molecular weight excluding hydrogens is 299 g/mol. The first-order valence-electron chi connectivity index (χ1n) is 5.23. The highest BCUT2D eigenvalue weighted by molar-refractivity contribution is 9.10. The summed E-state index contributed by atoms with van der Waals surface area (Å²) in [6.45, 7) is 0. The predicted octanol–water partition coefficient (Wildman–Crippen LogP) is 3.35. The maximum atomic E-state index is 13.4. The molecule has 0 heterocycles. The molecule has 0 atom stereocenters. The van der Waals surface area contributed by atoms with Crippen molar-refractivity contribution in [2.45, 2.75) is 0 Å². The van der Waals surface area contributed by atoms with Crippen LogP contribution in [0.1, 0.15) is 10.4 Å². The van der Waals surface area contributed by atoms with Crippen molar-refractivity contribution in [2.24, 2.45) is 0 Å². The van der Waals surface area contributed by atoms with Gasteiger partial charge >= 0.3 is 0 Å². The van der Waals surface area contributed by atoms with E-state index < -0.39 is 11.7 Å². The monoisotopic (exact) mass is 308 g/mol. The number of hydrogen-bond acceptors (Lipinski definition) is 2. The number of hydrazine groups is 1. The van der Waals surface area contributed by atoms with Crippen molar-refractivity contribution in [1.29, 1.82) is 0 Å². The minimum atomic E-state index is -0.564. The molecule has 3 nitrogen and oxygen atoms in total. The number of hydrogen-bond donors (Lipinski definition) is 2. The lowest BCUT2D eigenvalue weighted by atomic mass is 10.2. The van der Waals surface area contributed by atoms with Crippen molar-refractivity contribution in [2.75, 3.05) is 5.43 Å². The first kappa shape index (κ1) is 12.6. The Bertz CT molecular complexity index is 560. The Hall–Kier alpha value is -1.88. The highest BCUT2D eigenvalue weighted by Gasteiger charge is 2.11. The van der Waals surface area contributed by atoms with Gasteiger partial charge < -0.3 is 0 Å². The molecule has 0 saturated carbocycles. The lowest BCUT2D eigenvalue weighted by Gasteiger charge is -2.09. The van der Waals surface area contributed by atoms with Crippen LogP contribution in [0.5, 0.6) is 0 Å². The van der Waals surface area contributed by atoms with Crippen LogP contribution in [0.4, 0.5) is 10.1 Å². The molecule has 0 fully saturated rings. The van der Waals surface area contributed by atoms with E-state index >= 15 is 0 Å². The highest BCUT2D eigenvalue weighted by Crippen LogP contribution is 2.15. The number of carbonyl (C=O) groups is 1. The van der Waals surface area contributed by atoms with Gasteiger partial charge in [-0.1, -0.05) is 34.1 Å². The SMILES string of the molecule is O=C(NNc1ccccc1)c1cc(Br)ccc1F. The normalized spacial score (nSPS) is 9.89. The summed E-state index contributed by atoms with van der Waals surface area (Å²) in [4.78, 5) is 11.8. The zero-order chi connectivity index (χ0) is 13.0. The molecule has 0 aliphatic carbocycles. The number of rotatable bonds is 3. The molecule has 0 radical (unpaired) electrons. The van der Waals surface area contributed by atoms with E-state index in [0.717, 1.165) is 5.69 Å². The highest BCUT2D eigenvalue weighted by atomic mass is 79.9. The van der Waals surface area contributed by atoms with E-state index in [1.165, 1.54) is 18.2 Å². The number of anilines is 1. The maximum absolute atomic E-state index is 13.4. The second-order valence-electron chi connectivity index (χ2n) is 3.57. The third-order valence-corrected chi connectivity index (χ3v) is 2.76. The van der Waals surface area contributed by atoms with Crippen LogP contribution in [0.25, 0.3) is 0 Å². The number of benzene rings is 2. The number of carbonyl (C=O) groups excluding carboxylic acids is 1. The van der Waals surface area contributed by atoms with Gasteiger partial charge in [-0.2, -0.15) is 0 Å². The molecule has 5 heteroatoms. The first-order chi connectivity index (χ1) is 8.66. The van der Waals surface area contributed by atoms with Gasteiger partial charge in [-0.15, -0.1) is 0 Å². The van der Waals surface area contributed by atoms with Gasteiger partial charge in [-0.25, -0.2) is 4.39 Å². The van der Waals surface area contributed by atoms with Crippen molar-refractivity contribution in [3.8, 4) is 0 Å². The molecule has 0 bridgehead atoms. The Kier molecular flexibility index (Phi) is 3.94. The fourth-order valence-corrected chi connectivity index (χ4v) is 1.75. The first-order valence-corrected chi connectivity index (χ1v) is 6.02. The van der Waals surface area contributed by atoms with E-state index in [-0.39, 0.29) is 5.56 Å². The molecule has 18 heavy (non-hydrogen) atoms. The van der Waals surface area contributed by atoms with E-state index in [9.17, 15) is 9.18 Å². The Morgan fingerprint density at radius 1 is 1.11 bits per heavy atom. The molecular formula is C13H10BrFN2O. The van der Waals surface area contributed by atoms with Gasteiger partial charge in [0, 0.05) is 4.47 Å². The molecule has 0 saturated heterocycles. The van der Waals surface area contributed by atoms with Gasteiger partial charge in [0.25, 0.3) is 5.91 Å². The van der Waals surface area contributed by atoms with E-state index in [1.807, 2.05) is 18.2 Å². The van der Waals surface area contributed by atoms with Crippen LogP contribution in [0.3, 0.4) is 0 Å². The maximum Gasteiger partial charge on any atom is 0.272 e. The fraction of sp³-hybridized carbons (Fsp3) is 0. The lowest BCUT2D eigenvalue weighted by molar-refractivity contribution is 0.0958. The van der Waals surface area contributed by atoms with Gasteiger partial charge in [0.2, 0.25) is 0 Å². The third-order valence-electron chi connectivity index (χ3n) is 2.27. The summed E-state index contributed by atoms with van der Waals surface area (Å²) in [6.07, 6.45) is 0. The van der Waals surface area contributed by atoms with Crippen molar-refractivity contribution in [3.05, 3.63) is 64.4 Å². The van der Waals surface area contributed by atoms with Gasteiger partial charge in [0.15, 0.2) is 0 Å². The molecule has 0 aliphatic heterocycles. The second-order valence-corrected chi connectivity index (χ2v) is 4.48. The molecule has 2 aromatic rings. The zero-order valence-electron chi connectivity index (χ0n) is 9.28. The molecule has 2 N–H and O–H groups in total. The molecule has 0 aliphatic rings. The van der Waals surface area contributed by atoms with Gasteiger partial charge in [-0.3, -0.25) is 15.6 Å². The molecule has 2 rings (SSSR count). The quantitative estimate of drug-likeness (QED) is 0.854. The van der Waals surface area contributed by atoms with Gasteiger partial charge in [0.05, 0.1) is 11.3 Å². The summed E-state index contributed by atoms with van der Waals surface area (Å²) in [5, 5.41) is 0. The van der Waals surface area contributed by atoms with Crippen LogP contribution in [0, 0.1) is 5.82 Å². The summed E-state index contributed by atoms with van der Waals surface area (Å²) in [5.41, 5.74) is 5.84. The van der Waals surface area contributed by atoms with E-state index in [2.05, 4.69) is 26.8 Å². The van der Waals surface area contributed by atoms with Crippen LogP contribution in [-0.4, -0.2) is 5.91 Å². The molecule has 1 amide bonds. The number of amides is 1. The summed E-state index contributed by atoms with van der Waals surface area (Å²) in [7, 11) is 0. The summed E-state index contributed by atoms with van der Waals surface area (Å²) in [6, 6.07) is 13.3. The number of para-hydroxylation sites is 1. The van der Waals surface area contributed by atoms with Crippen molar-refractivity contribution < 1.29 is 9.18 Å².